The fourth-order valence-electron chi connectivity index (χ4n) is 4.04. The van der Waals surface area contributed by atoms with Gasteiger partial charge in [-0.15, -0.1) is 11.3 Å². The number of thiophene rings is 1. The molecule has 146 valence electrons. The van der Waals surface area contributed by atoms with Crippen LogP contribution in [0.15, 0.2) is 64.9 Å². The lowest BCUT2D eigenvalue weighted by molar-refractivity contribution is 0.0694. The fourth-order valence-corrected chi connectivity index (χ4v) is 4.74. The topological polar surface area (TPSA) is 71.0 Å². The van der Waals surface area contributed by atoms with Gasteiger partial charge in [-0.2, -0.15) is 0 Å². The standard InChI is InChI=1S/C22H20N4O2S/c27-21(15-7-8-18(23-14-15)20-6-3-13-29-20)25-11-9-16(10-12-25)26-19-5-2-1-4-17(19)24-22(26)28/h1-8,13-14,16H,9-12H2,(H,24,28). The molecular weight excluding hydrogens is 384 g/mol. The molecule has 1 saturated heterocycles. The number of benzene rings is 1. The predicted molar refractivity (Wildman–Crippen MR) is 114 cm³/mol. The van der Waals surface area contributed by atoms with Crippen molar-refractivity contribution >= 4 is 28.3 Å². The summed E-state index contributed by atoms with van der Waals surface area (Å²) in [4.78, 5) is 35.6. The zero-order valence-corrected chi connectivity index (χ0v) is 16.6. The number of fused-ring (bicyclic) bond motifs is 1. The zero-order chi connectivity index (χ0) is 19.8. The summed E-state index contributed by atoms with van der Waals surface area (Å²) >= 11 is 1.63. The van der Waals surface area contributed by atoms with Crippen LogP contribution in [0.4, 0.5) is 0 Å². The van der Waals surface area contributed by atoms with Gasteiger partial charge in [0.05, 0.1) is 27.2 Å². The zero-order valence-electron chi connectivity index (χ0n) is 15.7. The molecule has 1 aromatic carbocycles. The number of piperidine rings is 1. The first-order chi connectivity index (χ1) is 14.2. The van der Waals surface area contributed by atoms with Crippen molar-refractivity contribution in [3.05, 3.63) is 76.2 Å². The minimum absolute atomic E-state index is 0.0000433. The minimum atomic E-state index is -0.0793. The Balaban J connectivity index is 1.29. The first kappa shape index (κ1) is 17.9. The molecule has 0 aliphatic carbocycles. The van der Waals surface area contributed by atoms with Gasteiger partial charge in [0, 0.05) is 25.3 Å². The molecule has 0 atom stereocenters. The third-order valence-electron chi connectivity index (χ3n) is 5.52. The maximum Gasteiger partial charge on any atom is 0.326 e. The van der Waals surface area contributed by atoms with Crippen LogP contribution in [0.25, 0.3) is 21.6 Å². The number of aromatic amines is 1. The number of imidazole rings is 1. The maximum absolute atomic E-state index is 12.9. The number of hydrogen-bond donors (Lipinski definition) is 1. The Kier molecular flexibility index (Phi) is 4.52. The van der Waals surface area contributed by atoms with E-state index in [0.717, 1.165) is 34.4 Å². The third kappa shape index (κ3) is 3.27. The molecule has 3 aromatic heterocycles. The van der Waals surface area contributed by atoms with Crippen molar-refractivity contribution < 1.29 is 4.79 Å². The van der Waals surface area contributed by atoms with Gasteiger partial charge < -0.3 is 9.88 Å². The molecule has 1 fully saturated rings. The molecule has 0 bridgehead atoms. The number of H-pyrrole nitrogens is 1. The molecule has 0 unspecified atom stereocenters. The lowest BCUT2D eigenvalue weighted by atomic mass is 10.0. The van der Waals surface area contributed by atoms with E-state index in [2.05, 4.69) is 9.97 Å². The van der Waals surface area contributed by atoms with Crippen molar-refractivity contribution in [2.24, 2.45) is 0 Å². The van der Waals surface area contributed by atoms with Crippen LogP contribution >= 0.6 is 11.3 Å². The molecule has 0 radical (unpaired) electrons. The van der Waals surface area contributed by atoms with Gasteiger partial charge in [-0.3, -0.25) is 14.3 Å². The van der Waals surface area contributed by atoms with Crippen molar-refractivity contribution in [3.63, 3.8) is 0 Å². The largest absolute Gasteiger partial charge is 0.338 e. The molecule has 29 heavy (non-hydrogen) atoms. The second kappa shape index (κ2) is 7.33. The molecule has 4 heterocycles. The number of rotatable bonds is 3. The van der Waals surface area contributed by atoms with Crippen LogP contribution in [0.1, 0.15) is 29.2 Å². The second-order valence-corrected chi connectivity index (χ2v) is 8.20. The Bertz CT molecular complexity index is 1200. The molecule has 4 aromatic rings. The van der Waals surface area contributed by atoms with E-state index in [1.54, 1.807) is 17.5 Å². The molecule has 1 aliphatic rings. The van der Waals surface area contributed by atoms with Crippen molar-refractivity contribution in [1.82, 2.24) is 19.4 Å². The minimum Gasteiger partial charge on any atom is -0.338 e. The van der Waals surface area contributed by atoms with Crippen LogP contribution in [0.5, 0.6) is 0 Å². The van der Waals surface area contributed by atoms with Crippen molar-refractivity contribution in [3.8, 4) is 10.6 Å². The summed E-state index contributed by atoms with van der Waals surface area (Å²) in [6.07, 6.45) is 3.18. The predicted octanol–water partition coefficient (Wildman–Crippen LogP) is 3.93. The maximum atomic E-state index is 12.9. The number of likely N-dealkylation sites (tertiary alicyclic amines) is 1. The summed E-state index contributed by atoms with van der Waals surface area (Å²) in [5.74, 6) is -0.0000433. The van der Waals surface area contributed by atoms with Crippen LogP contribution < -0.4 is 5.69 Å². The highest BCUT2D eigenvalue weighted by molar-refractivity contribution is 7.13. The highest BCUT2D eigenvalue weighted by Crippen LogP contribution is 2.26. The van der Waals surface area contributed by atoms with Gasteiger partial charge in [0.25, 0.3) is 5.91 Å². The summed E-state index contributed by atoms with van der Waals surface area (Å²) < 4.78 is 1.84. The third-order valence-corrected chi connectivity index (χ3v) is 6.42. The number of nitrogens with one attached hydrogen (secondary N) is 1. The molecule has 1 N–H and O–H groups in total. The molecule has 7 heteroatoms. The first-order valence-electron chi connectivity index (χ1n) is 9.69. The number of aromatic nitrogens is 3. The van der Waals surface area contributed by atoms with Gasteiger partial charge in [-0.25, -0.2) is 4.79 Å². The fraction of sp³-hybridized carbons (Fsp3) is 0.227. The molecule has 0 spiro atoms. The van der Waals surface area contributed by atoms with Gasteiger partial charge in [0.1, 0.15) is 0 Å². The number of pyridine rings is 1. The number of nitrogens with zero attached hydrogens (tertiary/aromatic N) is 3. The Morgan fingerprint density at radius 3 is 2.62 bits per heavy atom. The van der Waals surface area contributed by atoms with Gasteiger partial charge in [-0.05, 0) is 48.6 Å². The first-order valence-corrected chi connectivity index (χ1v) is 10.6. The van der Waals surface area contributed by atoms with Gasteiger partial charge in [-0.1, -0.05) is 18.2 Å². The van der Waals surface area contributed by atoms with Crippen LogP contribution in [0.2, 0.25) is 0 Å². The lowest BCUT2D eigenvalue weighted by Gasteiger charge is -2.32. The normalized spacial score (nSPS) is 15.1. The van der Waals surface area contributed by atoms with Gasteiger partial charge in [0.2, 0.25) is 0 Å². The molecule has 5 rings (SSSR count). The Hall–Kier alpha value is -3.19. The highest BCUT2D eigenvalue weighted by Gasteiger charge is 2.26. The van der Waals surface area contributed by atoms with Crippen LogP contribution in [-0.4, -0.2) is 38.4 Å². The summed E-state index contributed by atoms with van der Waals surface area (Å²) in [6, 6.07) is 15.6. The van der Waals surface area contributed by atoms with E-state index in [0.29, 0.717) is 18.7 Å². The summed E-state index contributed by atoms with van der Waals surface area (Å²) in [5, 5.41) is 2.01. The Morgan fingerprint density at radius 2 is 1.90 bits per heavy atom. The molecule has 1 amide bonds. The van der Waals surface area contributed by atoms with E-state index in [-0.39, 0.29) is 17.6 Å². The Morgan fingerprint density at radius 1 is 1.07 bits per heavy atom. The average Bonchev–Trinajstić information content (AvgIpc) is 3.41. The molecule has 6 nitrogen and oxygen atoms in total. The van der Waals surface area contributed by atoms with E-state index >= 15 is 0 Å². The van der Waals surface area contributed by atoms with E-state index in [9.17, 15) is 9.59 Å². The van der Waals surface area contributed by atoms with E-state index in [4.69, 9.17) is 0 Å². The number of carbonyl (C=O) groups excluding carboxylic acids is 1. The second-order valence-electron chi connectivity index (χ2n) is 7.25. The van der Waals surface area contributed by atoms with Crippen molar-refractivity contribution in [2.45, 2.75) is 18.9 Å². The van der Waals surface area contributed by atoms with Crippen LogP contribution in [-0.2, 0) is 0 Å². The molecule has 1 aliphatic heterocycles. The monoisotopic (exact) mass is 404 g/mol. The number of carbonyl (C=O) groups is 1. The summed E-state index contributed by atoms with van der Waals surface area (Å²) in [6.45, 7) is 1.25. The highest BCUT2D eigenvalue weighted by atomic mass is 32.1. The number of amides is 1. The quantitative estimate of drug-likeness (QED) is 0.562. The van der Waals surface area contributed by atoms with E-state index in [1.165, 1.54) is 0 Å². The summed E-state index contributed by atoms with van der Waals surface area (Å²) in [7, 11) is 0. The van der Waals surface area contributed by atoms with Crippen LogP contribution in [0, 0.1) is 0 Å². The van der Waals surface area contributed by atoms with E-state index in [1.807, 2.05) is 63.4 Å². The van der Waals surface area contributed by atoms with Gasteiger partial charge in [0.15, 0.2) is 0 Å². The number of para-hydroxylation sites is 2. The van der Waals surface area contributed by atoms with Crippen molar-refractivity contribution in [1.29, 1.82) is 0 Å². The SMILES string of the molecule is O=C(c1ccc(-c2cccs2)nc1)N1CCC(n2c(=O)[nH]c3ccccc32)CC1. The number of hydrogen-bond acceptors (Lipinski definition) is 4. The lowest BCUT2D eigenvalue weighted by Crippen LogP contribution is -2.40. The van der Waals surface area contributed by atoms with Crippen LogP contribution in [0.3, 0.4) is 0 Å². The Labute approximate surface area is 171 Å². The van der Waals surface area contributed by atoms with Gasteiger partial charge >= 0.3 is 5.69 Å². The van der Waals surface area contributed by atoms with Crippen molar-refractivity contribution in [2.75, 3.05) is 13.1 Å². The van der Waals surface area contributed by atoms with E-state index < -0.39 is 0 Å². The molecule has 0 saturated carbocycles. The molecular formula is C22H20N4O2S. The smallest absolute Gasteiger partial charge is 0.326 e. The average molecular weight is 404 g/mol. The summed E-state index contributed by atoms with van der Waals surface area (Å²) in [5.41, 5.74) is 3.19.